The molecule has 2 aliphatic heterocycles. The highest BCUT2D eigenvalue weighted by Gasteiger charge is 2.49. The summed E-state index contributed by atoms with van der Waals surface area (Å²) in [5.41, 5.74) is 5.91. The van der Waals surface area contributed by atoms with Crippen molar-refractivity contribution in [3.05, 3.63) is 29.8 Å². The Balaban J connectivity index is 2.70. The number of ether oxygens (including phenoxy) is 1. The third-order valence-electron chi connectivity index (χ3n) is 4.35. The molecule has 3 unspecified atom stereocenters. The Morgan fingerprint density at radius 1 is 1.41 bits per heavy atom. The summed E-state index contributed by atoms with van der Waals surface area (Å²) in [7, 11) is 0. The van der Waals surface area contributed by atoms with Crippen LogP contribution in [0.5, 0.6) is 5.75 Å². The average Bonchev–Trinajstić information content (AvgIpc) is 2.46. The molecule has 0 aliphatic carbocycles. The fourth-order valence-corrected chi connectivity index (χ4v) is 4.95. The molecule has 0 radical (unpaired) electrons. The van der Waals surface area contributed by atoms with E-state index in [0.717, 1.165) is 5.56 Å². The van der Waals surface area contributed by atoms with Crippen molar-refractivity contribution in [2.24, 2.45) is 11.7 Å². The molecule has 0 aromatic heterocycles. The van der Waals surface area contributed by atoms with Crippen LogP contribution in [0.2, 0.25) is 0 Å². The van der Waals surface area contributed by atoms with Gasteiger partial charge in [0.05, 0.1) is 5.41 Å². The molecule has 4 nitrogen and oxygen atoms in total. The third kappa shape index (κ3) is 2.77. The number of rotatable bonds is 3. The molecule has 120 valence electrons. The molecule has 1 aromatic carbocycles. The molecular weight excluding hydrogens is 322 g/mol. The first-order valence-corrected chi connectivity index (χ1v) is 8.81. The van der Waals surface area contributed by atoms with E-state index in [9.17, 15) is 9.59 Å². The molecule has 6 heteroatoms. The van der Waals surface area contributed by atoms with Crippen molar-refractivity contribution in [1.29, 1.82) is 0 Å². The fourth-order valence-electron chi connectivity index (χ4n) is 3.14. The molecule has 22 heavy (non-hydrogen) atoms. The molecule has 2 heterocycles. The summed E-state index contributed by atoms with van der Waals surface area (Å²) >= 11 is 7.57. The van der Waals surface area contributed by atoms with Crippen LogP contribution in [0.1, 0.15) is 25.8 Å². The molecule has 2 aliphatic rings. The predicted molar refractivity (Wildman–Crippen MR) is 89.3 cm³/mol. The van der Waals surface area contributed by atoms with Gasteiger partial charge in [-0.05, 0) is 47.9 Å². The fraction of sp³-hybridized carbons (Fsp3) is 0.500. The predicted octanol–water partition coefficient (Wildman–Crippen LogP) is 2.71. The molecule has 0 fully saturated rings. The third-order valence-corrected chi connectivity index (χ3v) is 5.80. The number of fused-ring (bicyclic) bond motifs is 7. The number of nitrogens with two attached hydrogens (primary N) is 1. The monoisotopic (exact) mass is 341 g/mol. The summed E-state index contributed by atoms with van der Waals surface area (Å²) in [4.78, 5) is 24.5. The van der Waals surface area contributed by atoms with Gasteiger partial charge >= 0.3 is 5.97 Å². The van der Waals surface area contributed by atoms with Gasteiger partial charge in [0.2, 0.25) is 5.24 Å². The lowest BCUT2D eigenvalue weighted by Gasteiger charge is -2.42. The largest absolute Gasteiger partial charge is 0.425 e. The van der Waals surface area contributed by atoms with Crippen LogP contribution in [-0.4, -0.2) is 28.8 Å². The number of thioether (sulfide) groups is 1. The summed E-state index contributed by atoms with van der Waals surface area (Å²) in [6, 6.07) is 6.19. The number of carbonyl (C=O) groups is 2. The van der Waals surface area contributed by atoms with Crippen molar-refractivity contribution in [3.8, 4) is 5.75 Å². The zero-order chi connectivity index (χ0) is 16.5. The average molecular weight is 342 g/mol. The first kappa shape index (κ1) is 17.3. The van der Waals surface area contributed by atoms with E-state index < -0.39 is 22.7 Å². The van der Waals surface area contributed by atoms with E-state index in [1.165, 1.54) is 11.8 Å². The maximum absolute atomic E-state index is 12.5. The molecule has 1 aromatic rings. The summed E-state index contributed by atoms with van der Waals surface area (Å²) in [6.07, 6.45) is 2.23. The SMILES string of the molecule is CSC1CC(N)C(=O)Oc2ccc(cc2)C1(C(=O)Cl)C(C)C. The van der Waals surface area contributed by atoms with Crippen LogP contribution >= 0.6 is 23.4 Å². The van der Waals surface area contributed by atoms with Crippen molar-refractivity contribution in [2.75, 3.05) is 6.26 Å². The Kier molecular flexibility index (Phi) is 5.20. The number of esters is 1. The minimum atomic E-state index is -0.894. The van der Waals surface area contributed by atoms with Gasteiger partial charge in [0.25, 0.3) is 0 Å². The highest BCUT2D eigenvalue weighted by atomic mass is 35.5. The Morgan fingerprint density at radius 2 is 2.00 bits per heavy atom. The molecule has 2 bridgehead atoms. The van der Waals surface area contributed by atoms with Gasteiger partial charge in [-0.3, -0.25) is 4.79 Å². The van der Waals surface area contributed by atoms with E-state index in [1.54, 1.807) is 12.1 Å². The summed E-state index contributed by atoms with van der Waals surface area (Å²) in [5, 5.41) is -0.639. The quantitative estimate of drug-likeness (QED) is 0.520. The van der Waals surface area contributed by atoms with Crippen molar-refractivity contribution < 1.29 is 14.3 Å². The Bertz CT molecular complexity index is 575. The topological polar surface area (TPSA) is 69.4 Å². The summed E-state index contributed by atoms with van der Waals surface area (Å²) < 4.78 is 5.25. The van der Waals surface area contributed by atoms with Gasteiger partial charge in [-0.1, -0.05) is 26.0 Å². The van der Waals surface area contributed by atoms with Gasteiger partial charge in [0.1, 0.15) is 11.8 Å². The second-order valence-corrected chi connectivity index (χ2v) is 7.19. The van der Waals surface area contributed by atoms with Gasteiger partial charge < -0.3 is 10.5 Å². The normalized spacial score (nSPS) is 28.5. The zero-order valence-corrected chi connectivity index (χ0v) is 14.4. The maximum Gasteiger partial charge on any atom is 0.328 e. The Labute approximate surface area is 139 Å². The van der Waals surface area contributed by atoms with Crippen LogP contribution in [0.15, 0.2) is 24.3 Å². The highest BCUT2D eigenvalue weighted by Crippen LogP contribution is 2.45. The van der Waals surface area contributed by atoms with Gasteiger partial charge in [0, 0.05) is 5.25 Å². The second-order valence-electron chi connectivity index (χ2n) is 5.81. The minimum Gasteiger partial charge on any atom is -0.425 e. The van der Waals surface area contributed by atoms with Crippen LogP contribution in [0.4, 0.5) is 0 Å². The van der Waals surface area contributed by atoms with Gasteiger partial charge in [-0.15, -0.1) is 0 Å². The van der Waals surface area contributed by atoms with Crippen molar-refractivity contribution in [2.45, 2.75) is 37.0 Å². The molecule has 2 N–H and O–H groups in total. The molecule has 3 rings (SSSR count). The van der Waals surface area contributed by atoms with E-state index >= 15 is 0 Å². The van der Waals surface area contributed by atoms with Crippen LogP contribution in [0.3, 0.4) is 0 Å². The van der Waals surface area contributed by atoms with Crippen LogP contribution < -0.4 is 10.5 Å². The minimum absolute atomic E-state index is 0.0385. The standard InChI is InChI=1S/C16H20ClNO3S/c1-9(2)16(15(17)20)10-4-6-11(7-5-10)21-14(19)12(18)8-13(16)22-3/h4-7,9,12-13H,8,18H2,1-3H3. The van der Waals surface area contributed by atoms with E-state index in [0.29, 0.717) is 12.2 Å². The molecular formula is C16H20ClNO3S. The molecule has 0 amide bonds. The lowest BCUT2D eigenvalue weighted by Crippen LogP contribution is -2.51. The first-order chi connectivity index (χ1) is 10.3. The Hall–Kier alpha value is -1.04. The van der Waals surface area contributed by atoms with Crippen molar-refractivity contribution in [1.82, 2.24) is 0 Å². The van der Waals surface area contributed by atoms with Gasteiger partial charge in [0.15, 0.2) is 0 Å². The smallest absolute Gasteiger partial charge is 0.328 e. The number of hydrogen-bond acceptors (Lipinski definition) is 5. The second kappa shape index (κ2) is 6.60. The number of hydrogen-bond donors (Lipinski definition) is 1. The van der Waals surface area contributed by atoms with Gasteiger partial charge in [-0.25, -0.2) is 4.79 Å². The molecule has 3 atom stereocenters. The maximum atomic E-state index is 12.5. The number of halogens is 1. The summed E-state index contributed by atoms with van der Waals surface area (Å²) in [6.45, 7) is 3.93. The lowest BCUT2D eigenvalue weighted by molar-refractivity contribution is -0.136. The van der Waals surface area contributed by atoms with Crippen LogP contribution in [-0.2, 0) is 15.0 Å². The highest BCUT2D eigenvalue weighted by molar-refractivity contribution is 7.99. The zero-order valence-electron chi connectivity index (χ0n) is 12.8. The number of carbonyl (C=O) groups excluding carboxylic acids is 2. The van der Waals surface area contributed by atoms with Crippen LogP contribution in [0.25, 0.3) is 0 Å². The van der Waals surface area contributed by atoms with E-state index in [2.05, 4.69) is 0 Å². The van der Waals surface area contributed by atoms with E-state index in [1.807, 2.05) is 32.2 Å². The number of benzene rings is 1. The van der Waals surface area contributed by atoms with E-state index in [4.69, 9.17) is 22.1 Å². The van der Waals surface area contributed by atoms with Gasteiger partial charge in [-0.2, -0.15) is 11.8 Å². The Morgan fingerprint density at radius 3 is 2.45 bits per heavy atom. The van der Waals surface area contributed by atoms with Crippen molar-refractivity contribution >= 4 is 34.6 Å². The van der Waals surface area contributed by atoms with E-state index in [-0.39, 0.29) is 11.2 Å². The summed E-state index contributed by atoms with van der Waals surface area (Å²) in [5.74, 6) is -0.108. The first-order valence-electron chi connectivity index (χ1n) is 7.14. The molecule has 0 saturated heterocycles. The van der Waals surface area contributed by atoms with Crippen molar-refractivity contribution in [3.63, 3.8) is 0 Å². The van der Waals surface area contributed by atoms with Crippen LogP contribution in [0, 0.1) is 5.92 Å². The molecule has 0 spiro atoms. The lowest BCUT2D eigenvalue weighted by atomic mass is 9.68. The molecule has 0 saturated carbocycles.